The quantitative estimate of drug-likeness (QED) is 0.652. The van der Waals surface area contributed by atoms with Gasteiger partial charge in [0.1, 0.15) is 18.2 Å². The van der Waals surface area contributed by atoms with Crippen molar-refractivity contribution in [3.8, 4) is 5.75 Å². The van der Waals surface area contributed by atoms with Gasteiger partial charge in [0.15, 0.2) is 0 Å². The summed E-state index contributed by atoms with van der Waals surface area (Å²) in [4.78, 5) is 20.9. The number of hydrazine groups is 1. The number of carbonyl (C=O) groups is 1. The molecule has 7 heteroatoms. The molecular weight excluding hydrogens is 347 g/mol. The third kappa shape index (κ3) is 5.01. The van der Waals surface area contributed by atoms with Gasteiger partial charge in [0.05, 0.1) is 5.56 Å². The van der Waals surface area contributed by atoms with E-state index in [4.69, 9.17) is 4.74 Å². The lowest BCUT2D eigenvalue weighted by Gasteiger charge is -2.12. The molecule has 2 aromatic carbocycles. The van der Waals surface area contributed by atoms with E-state index in [2.05, 4.69) is 20.8 Å². The summed E-state index contributed by atoms with van der Waals surface area (Å²) in [6.07, 6.45) is 0. The third-order valence-electron chi connectivity index (χ3n) is 3.71. The topological polar surface area (TPSA) is 76.1 Å². The molecule has 0 bridgehead atoms. The van der Waals surface area contributed by atoms with Crippen LogP contribution in [0.4, 0.5) is 10.3 Å². The summed E-state index contributed by atoms with van der Waals surface area (Å²) in [5.41, 5.74) is 8.03. The minimum atomic E-state index is -0.382. The molecule has 0 fully saturated rings. The van der Waals surface area contributed by atoms with Gasteiger partial charge in [-0.25, -0.2) is 14.4 Å². The standard InChI is InChI=1S/C20H19FN4O2/c1-13-11-14(2)23-20(22-13)25-24-19(26)17-5-3-4-6-18(17)27-12-15-7-9-16(21)10-8-15/h3-11H,12H2,1-2H3,(H,24,26)(H,22,23,25). The molecule has 0 unspecified atom stereocenters. The zero-order valence-electron chi connectivity index (χ0n) is 15.0. The molecule has 0 aliphatic carbocycles. The third-order valence-corrected chi connectivity index (χ3v) is 3.71. The van der Waals surface area contributed by atoms with Crippen LogP contribution in [0.15, 0.2) is 54.6 Å². The number of hydrogen-bond acceptors (Lipinski definition) is 5. The fraction of sp³-hybridized carbons (Fsp3) is 0.150. The van der Waals surface area contributed by atoms with Crippen molar-refractivity contribution in [1.29, 1.82) is 0 Å². The minimum Gasteiger partial charge on any atom is -0.488 e. The molecule has 0 saturated carbocycles. The van der Waals surface area contributed by atoms with Gasteiger partial charge in [-0.3, -0.25) is 15.6 Å². The van der Waals surface area contributed by atoms with Gasteiger partial charge in [-0.15, -0.1) is 0 Å². The van der Waals surface area contributed by atoms with Crippen molar-refractivity contribution in [3.05, 3.63) is 82.9 Å². The number of anilines is 1. The first-order chi connectivity index (χ1) is 13.0. The summed E-state index contributed by atoms with van der Waals surface area (Å²) in [5.74, 6) is 0.0405. The first-order valence-corrected chi connectivity index (χ1v) is 8.36. The largest absolute Gasteiger partial charge is 0.488 e. The van der Waals surface area contributed by atoms with Crippen molar-refractivity contribution in [2.75, 3.05) is 5.43 Å². The Bertz CT molecular complexity index is 925. The normalized spacial score (nSPS) is 10.3. The van der Waals surface area contributed by atoms with Gasteiger partial charge in [0, 0.05) is 11.4 Å². The molecule has 138 valence electrons. The number of nitrogens with one attached hydrogen (secondary N) is 2. The Labute approximate surface area is 156 Å². The molecule has 3 rings (SSSR count). The van der Waals surface area contributed by atoms with Gasteiger partial charge in [-0.05, 0) is 49.7 Å². The maximum absolute atomic E-state index is 13.0. The number of amides is 1. The van der Waals surface area contributed by atoms with Crippen LogP contribution in [0.5, 0.6) is 5.75 Å². The monoisotopic (exact) mass is 366 g/mol. The van der Waals surface area contributed by atoms with Crippen molar-refractivity contribution >= 4 is 11.9 Å². The summed E-state index contributed by atoms with van der Waals surface area (Å²) < 4.78 is 18.7. The van der Waals surface area contributed by atoms with Crippen LogP contribution < -0.4 is 15.6 Å². The summed E-state index contributed by atoms with van der Waals surface area (Å²) in [6, 6.07) is 14.7. The Morgan fingerprint density at radius 2 is 1.70 bits per heavy atom. The van der Waals surface area contributed by atoms with Crippen LogP contribution in [0.3, 0.4) is 0 Å². The average molecular weight is 366 g/mol. The highest BCUT2D eigenvalue weighted by Crippen LogP contribution is 2.19. The zero-order chi connectivity index (χ0) is 19.2. The molecule has 6 nitrogen and oxygen atoms in total. The molecule has 0 radical (unpaired) electrons. The number of carbonyl (C=O) groups excluding carboxylic acids is 1. The second kappa shape index (κ2) is 8.27. The van der Waals surface area contributed by atoms with E-state index in [9.17, 15) is 9.18 Å². The van der Waals surface area contributed by atoms with Crippen LogP contribution in [0.25, 0.3) is 0 Å². The van der Waals surface area contributed by atoms with E-state index in [1.54, 1.807) is 36.4 Å². The van der Waals surface area contributed by atoms with Crippen LogP contribution in [-0.4, -0.2) is 15.9 Å². The van der Waals surface area contributed by atoms with E-state index in [1.807, 2.05) is 19.9 Å². The summed E-state index contributed by atoms with van der Waals surface area (Å²) in [7, 11) is 0. The Balaban J connectivity index is 1.66. The van der Waals surface area contributed by atoms with Crippen LogP contribution in [0.1, 0.15) is 27.3 Å². The fourth-order valence-corrected chi connectivity index (χ4v) is 2.48. The van der Waals surface area contributed by atoms with E-state index in [0.717, 1.165) is 17.0 Å². The maximum atomic E-state index is 13.0. The number of benzene rings is 2. The van der Waals surface area contributed by atoms with Crippen molar-refractivity contribution in [1.82, 2.24) is 15.4 Å². The summed E-state index contributed by atoms with van der Waals surface area (Å²) in [5, 5.41) is 0. The Morgan fingerprint density at radius 3 is 2.41 bits per heavy atom. The Morgan fingerprint density at radius 1 is 1.04 bits per heavy atom. The lowest BCUT2D eigenvalue weighted by molar-refractivity contribution is 0.0957. The maximum Gasteiger partial charge on any atom is 0.273 e. The Hall–Kier alpha value is -3.48. The molecule has 1 amide bonds. The molecule has 1 aromatic heterocycles. The van der Waals surface area contributed by atoms with Crippen LogP contribution in [0, 0.1) is 19.7 Å². The highest BCUT2D eigenvalue weighted by molar-refractivity contribution is 5.97. The van der Waals surface area contributed by atoms with Crippen molar-refractivity contribution in [2.24, 2.45) is 0 Å². The molecule has 0 atom stereocenters. The number of aromatic nitrogens is 2. The van der Waals surface area contributed by atoms with E-state index in [0.29, 0.717) is 17.3 Å². The fourth-order valence-electron chi connectivity index (χ4n) is 2.48. The SMILES string of the molecule is Cc1cc(C)nc(NNC(=O)c2ccccc2OCc2ccc(F)cc2)n1. The average Bonchev–Trinajstić information content (AvgIpc) is 2.65. The van der Waals surface area contributed by atoms with Crippen LogP contribution in [0.2, 0.25) is 0 Å². The molecule has 2 N–H and O–H groups in total. The summed E-state index contributed by atoms with van der Waals surface area (Å²) >= 11 is 0. The van der Waals surface area contributed by atoms with Crippen molar-refractivity contribution in [2.45, 2.75) is 20.5 Å². The molecular formula is C20H19FN4O2. The smallest absolute Gasteiger partial charge is 0.273 e. The number of hydrogen-bond donors (Lipinski definition) is 2. The summed E-state index contributed by atoms with van der Waals surface area (Å²) in [6.45, 7) is 3.92. The number of halogens is 1. The number of nitrogens with zero attached hydrogens (tertiary/aromatic N) is 2. The highest BCUT2D eigenvalue weighted by Gasteiger charge is 2.12. The van der Waals surface area contributed by atoms with Gasteiger partial charge < -0.3 is 4.74 Å². The van der Waals surface area contributed by atoms with Crippen LogP contribution >= 0.6 is 0 Å². The molecule has 27 heavy (non-hydrogen) atoms. The number of ether oxygens (including phenoxy) is 1. The number of rotatable bonds is 6. The van der Waals surface area contributed by atoms with Crippen molar-refractivity contribution < 1.29 is 13.9 Å². The molecule has 0 spiro atoms. The van der Waals surface area contributed by atoms with Gasteiger partial charge in [0.25, 0.3) is 5.91 Å². The first kappa shape index (κ1) is 18.3. The van der Waals surface area contributed by atoms with E-state index in [-0.39, 0.29) is 18.3 Å². The second-order valence-electron chi connectivity index (χ2n) is 5.96. The lowest BCUT2D eigenvalue weighted by atomic mass is 10.2. The molecule has 1 heterocycles. The van der Waals surface area contributed by atoms with E-state index >= 15 is 0 Å². The predicted octanol–water partition coefficient (Wildman–Crippen LogP) is 3.57. The second-order valence-corrected chi connectivity index (χ2v) is 5.96. The molecule has 0 saturated heterocycles. The first-order valence-electron chi connectivity index (χ1n) is 8.36. The van der Waals surface area contributed by atoms with Gasteiger partial charge in [-0.2, -0.15) is 0 Å². The van der Waals surface area contributed by atoms with E-state index < -0.39 is 0 Å². The van der Waals surface area contributed by atoms with Gasteiger partial charge in [0.2, 0.25) is 5.95 Å². The van der Waals surface area contributed by atoms with E-state index in [1.165, 1.54) is 12.1 Å². The number of aryl methyl sites for hydroxylation is 2. The number of para-hydroxylation sites is 1. The highest BCUT2D eigenvalue weighted by atomic mass is 19.1. The molecule has 0 aliphatic rings. The minimum absolute atomic E-state index is 0.220. The Kier molecular flexibility index (Phi) is 5.61. The predicted molar refractivity (Wildman–Crippen MR) is 99.8 cm³/mol. The van der Waals surface area contributed by atoms with Crippen molar-refractivity contribution in [3.63, 3.8) is 0 Å². The molecule has 3 aromatic rings. The lowest BCUT2D eigenvalue weighted by Crippen LogP contribution is -2.30. The molecule has 0 aliphatic heterocycles. The van der Waals surface area contributed by atoms with Crippen LogP contribution in [-0.2, 0) is 6.61 Å². The zero-order valence-corrected chi connectivity index (χ0v) is 15.0. The van der Waals surface area contributed by atoms with Gasteiger partial charge >= 0.3 is 0 Å². The van der Waals surface area contributed by atoms with Gasteiger partial charge in [-0.1, -0.05) is 24.3 Å².